The van der Waals surface area contributed by atoms with Crippen molar-refractivity contribution in [3.8, 4) is 0 Å². The molecule has 1 aromatic rings. The van der Waals surface area contributed by atoms with E-state index in [2.05, 4.69) is 5.32 Å². The predicted molar refractivity (Wildman–Crippen MR) is 86.4 cm³/mol. The molecule has 1 atom stereocenters. The fourth-order valence-corrected chi connectivity index (χ4v) is 2.71. The standard InChI is InChI=1S/C17H21FN2O4/c1-3-17(2,10-15(22)23)19-16(24)12-9-11(6-7-13(12)18)20-8-4-5-14(20)21/h6-7,9H,3-5,8,10H2,1-2H3,(H,19,24)(H,22,23). The number of amides is 2. The smallest absolute Gasteiger partial charge is 0.305 e. The minimum Gasteiger partial charge on any atom is -0.481 e. The average molecular weight is 336 g/mol. The molecular weight excluding hydrogens is 315 g/mol. The van der Waals surface area contributed by atoms with Crippen LogP contribution in [0.1, 0.15) is 49.9 Å². The quantitative estimate of drug-likeness (QED) is 0.835. The lowest BCUT2D eigenvalue weighted by Crippen LogP contribution is -2.47. The minimum atomic E-state index is -1.04. The third kappa shape index (κ3) is 3.90. The van der Waals surface area contributed by atoms with Gasteiger partial charge in [-0.1, -0.05) is 6.92 Å². The summed E-state index contributed by atoms with van der Waals surface area (Å²) >= 11 is 0. The molecule has 0 spiro atoms. The molecule has 0 bridgehead atoms. The summed E-state index contributed by atoms with van der Waals surface area (Å²) in [5.41, 5.74) is -0.702. The molecule has 1 aliphatic heterocycles. The normalized spacial score (nSPS) is 16.8. The molecule has 130 valence electrons. The number of carboxylic acids is 1. The summed E-state index contributed by atoms with van der Waals surface area (Å²) in [6.45, 7) is 3.89. The van der Waals surface area contributed by atoms with Crippen molar-refractivity contribution in [2.24, 2.45) is 0 Å². The number of hydrogen-bond donors (Lipinski definition) is 2. The van der Waals surface area contributed by atoms with E-state index in [0.29, 0.717) is 25.1 Å². The molecule has 1 aliphatic rings. The van der Waals surface area contributed by atoms with Crippen LogP contribution in [-0.2, 0) is 9.59 Å². The summed E-state index contributed by atoms with van der Waals surface area (Å²) in [4.78, 5) is 36.7. The lowest BCUT2D eigenvalue weighted by molar-refractivity contribution is -0.138. The van der Waals surface area contributed by atoms with E-state index in [9.17, 15) is 18.8 Å². The summed E-state index contributed by atoms with van der Waals surface area (Å²) in [6, 6.07) is 3.95. The Morgan fingerprint density at radius 3 is 2.67 bits per heavy atom. The Hall–Kier alpha value is -2.44. The highest BCUT2D eigenvalue weighted by atomic mass is 19.1. The molecule has 0 aromatic heterocycles. The highest BCUT2D eigenvalue weighted by molar-refractivity contribution is 5.99. The Morgan fingerprint density at radius 2 is 2.12 bits per heavy atom. The monoisotopic (exact) mass is 336 g/mol. The number of carbonyl (C=O) groups is 3. The SMILES string of the molecule is CCC(C)(CC(=O)O)NC(=O)c1cc(N2CCCC2=O)ccc1F. The molecule has 0 aliphatic carbocycles. The van der Waals surface area contributed by atoms with Crippen molar-refractivity contribution in [2.75, 3.05) is 11.4 Å². The molecule has 1 saturated heterocycles. The molecule has 1 unspecified atom stereocenters. The Balaban J connectivity index is 2.25. The van der Waals surface area contributed by atoms with Crippen LogP contribution in [-0.4, -0.2) is 35.0 Å². The van der Waals surface area contributed by atoms with Gasteiger partial charge in [-0.25, -0.2) is 4.39 Å². The van der Waals surface area contributed by atoms with E-state index >= 15 is 0 Å². The lowest BCUT2D eigenvalue weighted by Gasteiger charge is -2.28. The minimum absolute atomic E-state index is 0.0581. The molecule has 24 heavy (non-hydrogen) atoms. The van der Waals surface area contributed by atoms with Gasteiger partial charge < -0.3 is 15.3 Å². The van der Waals surface area contributed by atoms with Crippen molar-refractivity contribution >= 4 is 23.5 Å². The maximum Gasteiger partial charge on any atom is 0.305 e. The van der Waals surface area contributed by atoms with Crippen LogP contribution in [0.15, 0.2) is 18.2 Å². The maximum atomic E-state index is 14.1. The Bertz CT molecular complexity index is 677. The molecule has 0 saturated carbocycles. The predicted octanol–water partition coefficient (Wildman–Crippen LogP) is 2.33. The van der Waals surface area contributed by atoms with Crippen LogP contribution < -0.4 is 10.2 Å². The Morgan fingerprint density at radius 1 is 1.42 bits per heavy atom. The van der Waals surface area contributed by atoms with E-state index < -0.39 is 23.2 Å². The van der Waals surface area contributed by atoms with Crippen LogP contribution >= 0.6 is 0 Å². The first-order valence-electron chi connectivity index (χ1n) is 7.90. The highest BCUT2D eigenvalue weighted by Crippen LogP contribution is 2.24. The van der Waals surface area contributed by atoms with Gasteiger partial charge in [0.2, 0.25) is 5.91 Å². The Kier molecular flexibility index (Phi) is 5.21. The summed E-state index contributed by atoms with van der Waals surface area (Å²) < 4.78 is 14.1. The first-order chi connectivity index (χ1) is 11.3. The number of hydrogen-bond acceptors (Lipinski definition) is 3. The molecule has 6 nitrogen and oxygen atoms in total. The van der Waals surface area contributed by atoms with Crippen LogP contribution in [0.25, 0.3) is 0 Å². The number of halogens is 1. The third-order valence-electron chi connectivity index (χ3n) is 4.32. The fraction of sp³-hybridized carbons (Fsp3) is 0.471. The van der Waals surface area contributed by atoms with Gasteiger partial charge in [-0.2, -0.15) is 0 Å². The van der Waals surface area contributed by atoms with Gasteiger partial charge in [0.25, 0.3) is 5.91 Å². The summed E-state index contributed by atoms with van der Waals surface area (Å²) in [7, 11) is 0. The zero-order valence-corrected chi connectivity index (χ0v) is 13.8. The van der Waals surface area contributed by atoms with Crippen molar-refractivity contribution < 1.29 is 23.9 Å². The fourth-order valence-electron chi connectivity index (χ4n) is 2.71. The van der Waals surface area contributed by atoms with Gasteiger partial charge in [0.1, 0.15) is 5.82 Å². The second-order valence-electron chi connectivity index (χ2n) is 6.25. The van der Waals surface area contributed by atoms with Crippen LogP contribution in [0.4, 0.5) is 10.1 Å². The summed E-state index contributed by atoms with van der Waals surface area (Å²) in [6.07, 6.45) is 1.29. The summed E-state index contributed by atoms with van der Waals surface area (Å²) in [5, 5.41) is 11.6. The zero-order valence-electron chi connectivity index (χ0n) is 13.8. The Labute approximate surface area is 139 Å². The molecule has 1 heterocycles. The molecule has 1 aromatic carbocycles. The van der Waals surface area contributed by atoms with Crippen molar-refractivity contribution in [3.63, 3.8) is 0 Å². The number of rotatable bonds is 6. The first-order valence-corrected chi connectivity index (χ1v) is 7.90. The van der Waals surface area contributed by atoms with Crippen molar-refractivity contribution in [2.45, 2.75) is 45.1 Å². The van der Waals surface area contributed by atoms with Gasteiger partial charge >= 0.3 is 5.97 Å². The van der Waals surface area contributed by atoms with E-state index in [1.165, 1.54) is 17.0 Å². The van der Waals surface area contributed by atoms with E-state index in [1.54, 1.807) is 13.8 Å². The number of carbonyl (C=O) groups excluding carboxylic acids is 2. The highest BCUT2D eigenvalue weighted by Gasteiger charge is 2.29. The van der Waals surface area contributed by atoms with Gasteiger partial charge in [0.05, 0.1) is 12.0 Å². The lowest BCUT2D eigenvalue weighted by atomic mass is 9.94. The van der Waals surface area contributed by atoms with Crippen molar-refractivity contribution in [1.29, 1.82) is 0 Å². The molecule has 2 rings (SSSR count). The maximum absolute atomic E-state index is 14.1. The molecular formula is C17H21FN2O4. The number of carboxylic acid groups (broad SMARTS) is 1. The topological polar surface area (TPSA) is 86.7 Å². The largest absolute Gasteiger partial charge is 0.481 e. The van der Waals surface area contributed by atoms with Crippen LogP contribution in [0.3, 0.4) is 0 Å². The zero-order chi connectivity index (χ0) is 17.9. The van der Waals surface area contributed by atoms with Crippen LogP contribution in [0.5, 0.6) is 0 Å². The van der Waals surface area contributed by atoms with Crippen LogP contribution in [0.2, 0.25) is 0 Å². The van der Waals surface area contributed by atoms with E-state index in [0.717, 1.165) is 12.5 Å². The molecule has 0 radical (unpaired) electrons. The van der Waals surface area contributed by atoms with Crippen molar-refractivity contribution in [1.82, 2.24) is 5.32 Å². The number of aliphatic carboxylic acids is 1. The third-order valence-corrected chi connectivity index (χ3v) is 4.32. The van der Waals surface area contributed by atoms with E-state index in [4.69, 9.17) is 5.11 Å². The van der Waals surface area contributed by atoms with E-state index in [-0.39, 0.29) is 17.9 Å². The number of benzene rings is 1. The molecule has 7 heteroatoms. The first kappa shape index (κ1) is 17.9. The van der Waals surface area contributed by atoms with Gasteiger partial charge in [0.15, 0.2) is 0 Å². The number of nitrogens with zero attached hydrogens (tertiary/aromatic N) is 1. The molecule has 2 amide bonds. The number of nitrogens with one attached hydrogen (secondary N) is 1. The van der Waals surface area contributed by atoms with Crippen LogP contribution in [0, 0.1) is 5.82 Å². The van der Waals surface area contributed by atoms with Crippen molar-refractivity contribution in [3.05, 3.63) is 29.6 Å². The molecule has 2 N–H and O–H groups in total. The van der Waals surface area contributed by atoms with Gasteiger partial charge in [-0.15, -0.1) is 0 Å². The second kappa shape index (κ2) is 6.98. The van der Waals surface area contributed by atoms with E-state index in [1.807, 2.05) is 0 Å². The van der Waals surface area contributed by atoms with Gasteiger partial charge in [-0.05, 0) is 38.0 Å². The molecule has 1 fully saturated rings. The summed E-state index contributed by atoms with van der Waals surface area (Å²) in [5.74, 6) is -2.50. The number of anilines is 1. The van der Waals surface area contributed by atoms with Gasteiger partial charge in [0, 0.05) is 24.2 Å². The average Bonchev–Trinajstić information content (AvgIpc) is 2.93. The second-order valence-corrected chi connectivity index (χ2v) is 6.25. The van der Waals surface area contributed by atoms with Gasteiger partial charge in [-0.3, -0.25) is 14.4 Å².